The van der Waals surface area contributed by atoms with Gasteiger partial charge in [0.2, 0.25) is 5.82 Å². The summed E-state index contributed by atoms with van der Waals surface area (Å²) in [6, 6.07) is 9.93. The fourth-order valence-electron chi connectivity index (χ4n) is 2.98. The van der Waals surface area contributed by atoms with Crippen molar-refractivity contribution in [2.45, 2.75) is 6.42 Å². The van der Waals surface area contributed by atoms with Crippen molar-refractivity contribution in [2.75, 3.05) is 0 Å². The first-order valence-electron chi connectivity index (χ1n) is 7.49. The van der Waals surface area contributed by atoms with Crippen molar-refractivity contribution in [2.24, 2.45) is 0 Å². The average molecular weight is 366 g/mol. The van der Waals surface area contributed by atoms with Gasteiger partial charge < -0.3 is 4.42 Å². The van der Waals surface area contributed by atoms with Gasteiger partial charge in [-0.25, -0.2) is 22.0 Å². The maximum Gasteiger partial charge on any atom is 0.202 e. The van der Waals surface area contributed by atoms with E-state index in [2.05, 4.69) is 0 Å². The van der Waals surface area contributed by atoms with Gasteiger partial charge in [-0.15, -0.1) is 0 Å². The summed E-state index contributed by atoms with van der Waals surface area (Å²) >= 11 is 0. The third-order valence-electron chi connectivity index (χ3n) is 4.15. The van der Waals surface area contributed by atoms with Gasteiger partial charge in [0.1, 0.15) is 5.76 Å². The molecule has 0 saturated heterocycles. The Morgan fingerprint density at radius 2 is 1.23 bits per heavy atom. The van der Waals surface area contributed by atoms with Crippen LogP contribution in [-0.2, 0) is 6.42 Å². The topological polar surface area (TPSA) is 13.1 Å². The van der Waals surface area contributed by atoms with E-state index in [-0.39, 0.29) is 17.6 Å². The Morgan fingerprint density at radius 3 is 1.88 bits per heavy atom. The van der Waals surface area contributed by atoms with Crippen LogP contribution in [0, 0.1) is 34.9 Å². The van der Waals surface area contributed by atoms with Gasteiger partial charge in [0, 0.05) is 17.2 Å². The van der Waals surface area contributed by atoms with Gasteiger partial charge in [0.25, 0.3) is 0 Å². The highest BCUT2D eigenvalue weighted by atomic mass is 19.2. The first-order valence-corrected chi connectivity index (χ1v) is 7.49. The normalized spacial score (nSPS) is 11.6. The van der Waals surface area contributed by atoms with Gasteiger partial charge in [-0.1, -0.05) is 30.3 Å². The molecule has 0 fully saturated rings. The second-order valence-corrected chi connectivity index (χ2v) is 5.75. The summed E-state index contributed by atoms with van der Waals surface area (Å²) in [6.45, 7) is 0. The summed E-state index contributed by atoms with van der Waals surface area (Å²) in [7, 11) is 0. The molecular formula is C19H8F6O. The largest absolute Gasteiger partial charge is 0.457 e. The minimum Gasteiger partial charge on any atom is -0.457 e. The Labute approximate surface area is 142 Å². The summed E-state index contributed by atoms with van der Waals surface area (Å²) in [5, 5.41) is -2.57. The minimum absolute atomic E-state index is 0.126. The number of benzene rings is 3. The van der Waals surface area contributed by atoms with E-state index in [4.69, 9.17) is 4.42 Å². The molecular weight excluding hydrogens is 358 g/mol. The maximum atomic E-state index is 14.3. The Morgan fingerprint density at radius 1 is 0.654 bits per heavy atom. The van der Waals surface area contributed by atoms with Crippen LogP contribution < -0.4 is 0 Å². The van der Waals surface area contributed by atoms with Crippen molar-refractivity contribution >= 4 is 21.7 Å². The Balaban J connectivity index is 2.06. The number of furan rings is 1. The third-order valence-corrected chi connectivity index (χ3v) is 4.15. The predicted molar refractivity (Wildman–Crippen MR) is 82.7 cm³/mol. The lowest BCUT2D eigenvalue weighted by Crippen LogP contribution is -2.02. The fourth-order valence-corrected chi connectivity index (χ4v) is 2.98. The van der Waals surface area contributed by atoms with Crippen LogP contribution in [0.1, 0.15) is 11.3 Å². The van der Waals surface area contributed by atoms with E-state index >= 15 is 0 Å². The van der Waals surface area contributed by atoms with E-state index in [9.17, 15) is 26.3 Å². The van der Waals surface area contributed by atoms with Crippen LogP contribution in [0.15, 0.2) is 40.8 Å². The lowest BCUT2D eigenvalue weighted by atomic mass is 10.0. The Kier molecular flexibility index (Phi) is 3.68. The molecule has 1 heterocycles. The zero-order chi connectivity index (χ0) is 18.6. The zero-order valence-electron chi connectivity index (χ0n) is 12.8. The lowest BCUT2D eigenvalue weighted by Gasteiger charge is -2.07. The SMILES string of the molecule is Fc1c(F)c(F)c2c(c1F)c(F)c(F)c1oc(Cc3ccccc3)cc12. The molecule has 0 N–H and O–H groups in total. The molecule has 1 nitrogen and oxygen atoms in total. The van der Waals surface area contributed by atoms with Gasteiger partial charge in [-0.3, -0.25) is 0 Å². The van der Waals surface area contributed by atoms with Crippen molar-refractivity contribution in [1.29, 1.82) is 0 Å². The predicted octanol–water partition coefficient (Wildman–Crippen LogP) is 6.01. The van der Waals surface area contributed by atoms with Crippen LogP contribution in [0.3, 0.4) is 0 Å². The highest BCUT2D eigenvalue weighted by Crippen LogP contribution is 2.38. The molecule has 1 aromatic heterocycles. The van der Waals surface area contributed by atoms with Crippen LogP contribution in [0.5, 0.6) is 0 Å². The van der Waals surface area contributed by atoms with E-state index in [1.165, 1.54) is 0 Å². The highest BCUT2D eigenvalue weighted by molar-refractivity contribution is 6.07. The second-order valence-electron chi connectivity index (χ2n) is 5.75. The van der Waals surface area contributed by atoms with Crippen molar-refractivity contribution < 1.29 is 30.8 Å². The van der Waals surface area contributed by atoms with Crippen molar-refractivity contribution in [3.8, 4) is 0 Å². The van der Waals surface area contributed by atoms with E-state index in [0.29, 0.717) is 0 Å². The van der Waals surface area contributed by atoms with Crippen LogP contribution in [0.4, 0.5) is 26.3 Å². The first-order chi connectivity index (χ1) is 12.4. The molecule has 26 heavy (non-hydrogen) atoms. The van der Waals surface area contributed by atoms with Gasteiger partial charge in [0.05, 0.1) is 5.39 Å². The number of hydrogen-bond donors (Lipinski definition) is 0. The van der Waals surface area contributed by atoms with Crippen LogP contribution in [0.2, 0.25) is 0 Å². The van der Waals surface area contributed by atoms with Crippen LogP contribution in [-0.4, -0.2) is 0 Å². The smallest absolute Gasteiger partial charge is 0.202 e. The Bertz CT molecular complexity index is 1160. The molecule has 0 radical (unpaired) electrons. The van der Waals surface area contributed by atoms with E-state index in [1.807, 2.05) is 0 Å². The van der Waals surface area contributed by atoms with Crippen molar-refractivity contribution in [1.82, 2.24) is 0 Å². The molecule has 0 saturated carbocycles. The standard InChI is InChI=1S/C19H8F6O/c20-13-11-10-7-9(6-8-4-2-1-3-5-8)26-19(10)18(25)15(22)12(11)14(21)17(24)16(13)23/h1-5,7H,6H2. The van der Waals surface area contributed by atoms with Crippen LogP contribution in [0.25, 0.3) is 21.7 Å². The summed E-state index contributed by atoms with van der Waals surface area (Å²) in [6.07, 6.45) is 0.159. The molecule has 4 rings (SSSR count). The van der Waals surface area contributed by atoms with Gasteiger partial charge in [-0.2, -0.15) is 4.39 Å². The quantitative estimate of drug-likeness (QED) is 0.241. The van der Waals surface area contributed by atoms with Crippen molar-refractivity contribution in [3.63, 3.8) is 0 Å². The molecule has 3 aromatic carbocycles. The molecule has 0 amide bonds. The second kappa shape index (κ2) is 5.79. The molecule has 0 aliphatic carbocycles. The molecule has 0 spiro atoms. The first kappa shape index (κ1) is 16.5. The molecule has 0 aliphatic rings. The summed E-state index contributed by atoms with van der Waals surface area (Å²) < 4.78 is 88.8. The molecule has 0 bridgehead atoms. The molecule has 0 atom stereocenters. The number of rotatable bonds is 2. The fraction of sp³-hybridized carbons (Fsp3) is 0.0526. The van der Waals surface area contributed by atoms with Crippen LogP contribution >= 0.6 is 0 Å². The molecule has 7 heteroatoms. The number of fused-ring (bicyclic) bond motifs is 3. The van der Waals surface area contributed by atoms with Crippen molar-refractivity contribution in [3.05, 3.63) is 82.6 Å². The number of hydrogen-bond acceptors (Lipinski definition) is 1. The third kappa shape index (κ3) is 2.27. The maximum absolute atomic E-state index is 14.3. The van der Waals surface area contributed by atoms with E-state index in [0.717, 1.165) is 11.6 Å². The van der Waals surface area contributed by atoms with Gasteiger partial charge in [-0.05, 0) is 11.6 Å². The monoisotopic (exact) mass is 366 g/mol. The van der Waals surface area contributed by atoms with Gasteiger partial charge in [0.15, 0.2) is 34.7 Å². The summed E-state index contributed by atoms with van der Waals surface area (Å²) in [5.41, 5.74) is 0.0749. The molecule has 132 valence electrons. The molecule has 0 unspecified atom stereocenters. The lowest BCUT2D eigenvalue weighted by molar-refractivity contribution is 0.414. The minimum atomic E-state index is -2.21. The van der Waals surface area contributed by atoms with E-state index < -0.39 is 51.3 Å². The summed E-state index contributed by atoms with van der Waals surface area (Å²) in [4.78, 5) is 0. The van der Waals surface area contributed by atoms with Gasteiger partial charge >= 0.3 is 0 Å². The zero-order valence-corrected chi connectivity index (χ0v) is 12.8. The highest BCUT2D eigenvalue weighted by Gasteiger charge is 2.29. The Hall–Kier alpha value is -2.96. The summed E-state index contributed by atoms with van der Waals surface area (Å²) in [5.74, 6) is -11.4. The molecule has 4 aromatic rings. The molecule has 0 aliphatic heterocycles. The average Bonchev–Trinajstić information content (AvgIpc) is 3.05. The van der Waals surface area contributed by atoms with E-state index in [1.54, 1.807) is 30.3 Å². The number of halogens is 6.